The summed E-state index contributed by atoms with van der Waals surface area (Å²) < 4.78 is 10.7. The van der Waals surface area contributed by atoms with Crippen LogP contribution in [0.5, 0.6) is 0 Å². The van der Waals surface area contributed by atoms with E-state index in [1.54, 1.807) is 12.0 Å². The lowest BCUT2D eigenvalue weighted by molar-refractivity contribution is -0.135. The molecule has 3 atom stereocenters. The number of hydrogen-bond acceptors (Lipinski definition) is 5. The molecule has 0 spiro atoms. The molecule has 0 aromatic rings. The summed E-state index contributed by atoms with van der Waals surface area (Å²) in [5, 5.41) is 2.90. The zero-order valence-corrected chi connectivity index (χ0v) is 17.6. The minimum absolute atomic E-state index is 0.00946. The Bertz CT molecular complexity index is 554. The second-order valence-corrected chi connectivity index (χ2v) is 8.14. The second kappa shape index (κ2) is 10.8. The quantitative estimate of drug-likeness (QED) is 0.580. The highest BCUT2D eigenvalue weighted by Gasteiger charge is 2.36. The number of carbonyl (C=O) groups is 3. The summed E-state index contributed by atoms with van der Waals surface area (Å²) in [4.78, 5) is 40.6. The molecule has 0 radical (unpaired) electrons. The molecular formula is C20H35N3O5. The van der Waals surface area contributed by atoms with Gasteiger partial charge in [-0.3, -0.25) is 14.4 Å². The average Bonchev–Trinajstić information content (AvgIpc) is 3.28. The zero-order valence-electron chi connectivity index (χ0n) is 17.6. The minimum atomic E-state index is -0.329. The number of carbonyl (C=O) groups excluding carboxylic acids is 3. The van der Waals surface area contributed by atoms with Gasteiger partial charge in [-0.25, -0.2) is 0 Å². The lowest BCUT2D eigenvalue weighted by atomic mass is 10.0. The normalized spacial score (nSPS) is 24.8. The number of likely N-dealkylation sites (tertiary alicyclic amines) is 1. The molecule has 2 saturated heterocycles. The molecule has 0 aromatic carbocycles. The molecule has 2 heterocycles. The van der Waals surface area contributed by atoms with Crippen LogP contribution < -0.4 is 5.32 Å². The zero-order chi connectivity index (χ0) is 20.7. The lowest BCUT2D eigenvalue weighted by Gasteiger charge is -2.25. The average molecular weight is 398 g/mol. The van der Waals surface area contributed by atoms with Crippen molar-refractivity contribution < 1.29 is 23.9 Å². The van der Waals surface area contributed by atoms with E-state index in [0.29, 0.717) is 51.7 Å². The van der Waals surface area contributed by atoms with E-state index >= 15 is 0 Å². The summed E-state index contributed by atoms with van der Waals surface area (Å²) in [6.45, 7) is 9.84. The van der Waals surface area contributed by atoms with Gasteiger partial charge in [-0.1, -0.05) is 13.8 Å². The summed E-state index contributed by atoms with van der Waals surface area (Å²) >= 11 is 0. The molecule has 2 aliphatic heterocycles. The molecule has 1 unspecified atom stereocenters. The van der Waals surface area contributed by atoms with Crippen LogP contribution >= 0.6 is 0 Å². The highest BCUT2D eigenvalue weighted by Crippen LogP contribution is 2.23. The number of hydrogen-bond donors (Lipinski definition) is 1. The van der Waals surface area contributed by atoms with Crippen LogP contribution in [0.1, 0.15) is 33.6 Å². The van der Waals surface area contributed by atoms with Crippen molar-refractivity contribution in [1.82, 2.24) is 15.1 Å². The number of nitrogens with one attached hydrogen (secondary N) is 1. The monoisotopic (exact) mass is 397 g/mol. The van der Waals surface area contributed by atoms with Crippen LogP contribution in [-0.4, -0.2) is 86.7 Å². The molecule has 2 rings (SSSR count). The van der Waals surface area contributed by atoms with Crippen LogP contribution in [-0.2, 0) is 23.9 Å². The Morgan fingerprint density at radius 1 is 1.36 bits per heavy atom. The van der Waals surface area contributed by atoms with Crippen molar-refractivity contribution in [3.05, 3.63) is 0 Å². The van der Waals surface area contributed by atoms with Gasteiger partial charge in [-0.05, 0) is 19.3 Å². The smallest absolute Gasteiger partial charge is 0.228 e. The summed E-state index contributed by atoms with van der Waals surface area (Å²) in [7, 11) is 1.59. The van der Waals surface area contributed by atoms with E-state index in [2.05, 4.69) is 19.2 Å². The van der Waals surface area contributed by atoms with Gasteiger partial charge in [0.05, 0.1) is 31.2 Å². The summed E-state index contributed by atoms with van der Waals surface area (Å²) in [6, 6.07) is 0. The highest BCUT2D eigenvalue weighted by molar-refractivity contribution is 5.89. The summed E-state index contributed by atoms with van der Waals surface area (Å²) in [6.07, 6.45) is 0.706. The maximum absolute atomic E-state index is 12.7. The van der Waals surface area contributed by atoms with Crippen molar-refractivity contribution in [2.75, 3.05) is 53.0 Å². The maximum Gasteiger partial charge on any atom is 0.228 e. The van der Waals surface area contributed by atoms with Crippen molar-refractivity contribution in [2.45, 2.75) is 39.7 Å². The number of amides is 3. The summed E-state index contributed by atoms with van der Waals surface area (Å²) in [5.74, 6) is -0.0338. The molecule has 0 saturated carbocycles. The first kappa shape index (κ1) is 22.6. The van der Waals surface area contributed by atoms with Gasteiger partial charge < -0.3 is 24.6 Å². The Morgan fingerprint density at radius 3 is 2.75 bits per heavy atom. The van der Waals surface area contributed by atoms with Crippen molar-refractivity contribution in [1.29, 1.82) is 0 Å². The summed E-state index contributed by atoms with van der Waals surface area (Å²) in [5.41, 5.74) is 0. The van der Waals surface area contributed by atoms with Crippen molar-refractivity contribution >= 4 is 17.7 Å². The molecule has 1 N–H and O–H groups in total. The predicted octanol–water partition coefficient (Wildman–Crippen LogP) is 0.507. The standard InChI is InChI=1S/C20H35N3O5/c1-5-22(11-14(2)3)20(26)16-8-17(28-13-16)10-21-19(25)15-9-18(24)23(12-15)6-7-27-4/h14-17H,5-13H2,1-4H3,(H,21,25)/t15?,16-,17-/m0/s1. The molecule has 8 heteroatoms. The van der Waals surface area contributed by atoms with Crippen molar-refractivity contribution in [2.24, 2.45) is 17.8 Å². The van der Waals surface area contributed by atoms with Crippen LogP contribution in [0.25, 0.3) is 0 Å². The Hall–Kier alpha value is -1.67. The molecule has 28 heavy (non-hydrogen) atoms. The maximum atomic E-state index is 12.7. The van der Waals surface area contributed by atoms with Crippen LogP contribution in [0.3, 0.4) is 0 Å². The molecular weight excluding hydrogens is 362 g/mol. The molecule has 160 valence electrons. The SMILES string of the molecule is CCN(CC(C)C)C(=O)[C@@H]1CO[C@H](CNC(=O)C2CC(=O)N(CCOC)C2)C1. The van der Waals surface area contributed by atoms with Crippen molar-refractivity contribution in [3.63, 3.8) is 0 Å². The van der Waals surface area contributed by atoms with E-state index in [1.165, 1.54) is 0 Å². The third kappa shape index (κ3) is 6.17. The number of ether oxygens (including phenoxy) is 2. The van der Waals surface area contributed by atoms with Crippen LogP contribution in [0.4, 0.5) is 0 Å². The van der Waals surface area contributed by atoms with Crippen LogP contribution in [0.15, 0.2) is 0 Å². The number of methoxy groups -OCH3 is 1. The van der Waals surface area contributed by atoms with E-state index in [0.717, 1.165) is 6.54 Å². The number of rotatable bonds is 10. The number of nitrogens with zero attached hydrogens (tertiary/aromatic N) is 2. The Kier molecular flexibility index (Phi) is 8.69. The Labute approximate surface area is 167 Å². The lowest BCUT2D eigenvalue weighted by Crippen LogP contribution is -2.39. The fraction of sp³-hybridized carbons (Fsp3) is 0.850. The van der Waals surface area contributed by atoms with Gasteiger partial charge in [0.15, 0.2) is 0 Å². The van der Waals surface area contributed by atoms with E-state index < -0.39 is 0 Å². The van der Waals surface area contributed by atoms with Gasteiger partial charge in [0.2, 0.25) is 17.7 Å². The first-order valence-electron chi connectivity index (χ1n) is 10.3. The van der Waals surface area contributed by atoms with Gasteiger partial charge in [0.25, 0.3) is 0 Å². The molecule has 2 aliphatic rings. The highest BCUT2D eigenvalue weighted by atomic mass is 16.5. The van der Waals surface area contributed by atoms with E-state index in [-0.39, 0.29) is 42.1 Å². The van der Waals surface area contributed by atoms with Gasteiger partial charge in [-0.15, -0.1) is 0 Å². The van der Waals surface area contributed by atoms with E-state index in [1.807, 2.05) is 11.8 Å². The van der Waals surface area contributed by atoms with Crippen LogP contribution in [0.2, 0.25) is 0 Å². The first-order chi connectivity index (χ1) is 13.3. The topological polar surface area (TPSA) is 88.2 Å². The van der Waals surface area contributed by atoms with Gasteiger partial charge in [0.1, 0.15) is 0 Å². The molecule has 0 aliphatic carbocycles. The predicted molar refractivity (Wildman–Crippen MR) is 105 cm³/mol. The van der Waals surface area contributed by atoms with E-state index in [4.69, 9.17) is 9.47 Å². The van der Waals surface area contributed by atoms with Gasteiger partial charge >= 0.3 is 0 Å². The molecule has 0 aromatic heterocycles. The van der Waals surface area contributed by atoms with Gasteiger partial charge in [-0.2, -0.15) is 0 Å². The largest absolute Gasteiger partial charge is 0.383 e. The minimum Gasteiger partial charge on any atom is -0.383 e. The molecule has 3 amide bonds. The fourth-order valence-electron chi connectivity index (χ4n) is 3.82. The molecule has 0 bridgehead atoms. The van der Waals surface area contributed by atoms with Gasteiger partial charge in [0, 0.05) is 46.3 Å². The van der Waals surface area contributed by atoms with Crippen molar-refractivity contribution in [3.8, 4) is 0 Å². The molecule has 2 fully saturated rings. The third-order valence-corrected chi connectivity index (χ3v) is 5.36. The van der Waals surface area contributed by atoms with E-state index in [9.17, 15) is 14.4 Å². The molecule has 8 nitrogen and oxygen atoms in total. The second-order valence-electron chi connectivity index (χ2n) is 8.14. The third-order valence-electron chi connectivity index (χ3n) is 5.36. The Balaban J connectivity index is 1.74. The van der Waals surface area contributed by atoms with Crippen LogP contribution in [0, 0.1) is 17.8 Å². The Morgan fingerprint density at radius 2 is 2.11 bits per heavy atom. The fourth-order valence-corrected chi connectivity index (χ4v) is 3.82. The first-order valence-corrected chi connectivity index (χ1v) is 10.3.